The fraction of sp³-hybridized carbons (Fsp3) is 0.583. The monoisotopic (exact) mass is 239 g/mol. The Labute approximate surface area is 99.5 Å². The molecule has 4 heteroatoms. The number of aliphatic carboxylic acids is 1. The predicted molar refractivity (Wildman–Crippen MR) is 64.8 cm³/mol. The molecule has 88 valence electrons. The highest BCUT2D eigenvalue weighted by molar-refractivity contribution is 7.10. The molecule has 0 aliphatic carbocycles. The van der Waals surface area contributed by atoms with Gasteiger partial charge in [0.15, 0.2) is 5.54 Å². The summed E-state index contributed by atoms with van der Waals surface area (Å²) < 4.78 is 0. The molecule has 0 radical (unpaired) electrons. The van der Waals surface area contributed by atoms with Crippen molar-refractivity contribution in [2.24, 2.45) is 5.92 Å². The highest BCUT2D eigenvalue weighted by Gasteiger charge is 2.44. The molecular formula is C12H17NO2S. The van der Waals surface area contributed by atoms with Crippen molar-refractivity contribution in [1.82, 2.24) is 5.32 Å². The van der Waals surface area contributed by atoms with Crippen LogP contribution in [0.15, 0.2) is 11.4 Å². The number of carbonyl (C=O) groups is 1. The summed E-state index contributed by atoms with van der Waals surface area (Å²) in [5, 5.41) is 14.8. The topological polar surface area (TPSA) is 49.3 Å². The zero-order chi connectivity index (χ0) is 11.8. The van der Waals surface area contributed by atoms with Crippen LogP contribution in [0.5, 0.6) is 0 Å². The summed E-state index contributed by atoms with van der Waals surface area (Å²) in [6, 6.07) is 2.05. The average Bonchev–Trinajstić information content (AvgIpc) is 2.65. The van der Waals surface area contributed by atoms with Crippen LogP contribution in [0, 0.1) is 5.92 Å². The molecule has 16 heavy (non-hydrogen) atoms. The van der Waals surface area contributed by atoms with Crippen LogP contribution in [0.2, 0.25) is 0 Å². The summed E-state index contributed by atoms with van der Waals surface area (Å²) in [5.41, 5.74) is 0.349. The Kier molecular flexibility index (Phi) is 3.04. The largest absolute Gasteiger partial charge is 0.480 e. The minimum Gasteiger partial charge on any atom is -0.480 e. The molecule has 0 aromatic carbocycles. The molecule has 1 aliphatic rings. The maximum atomic E-state index is 11.6. The number of fused-ring (bicyclic) bond motifs is 1. The molecular weight excluding hydrogens is 222 g/mol. The number of rotatable bonds is 3. The number of hydrogen-bond acceptors (Lipinski definition) is 3. The molecule has 2 rings (SSSR count). The summed E-state index contributed by atoms with van der Waals surface area (Å²) in [5.74, 6) is -0.388. The average molecular weight is 239 g/mol. The second-order valence-electron chi connectivity index (χ2n) is 4.76. The van der Waals surface area contributed by atoms with Crippen molar-refractivity contribution in [2.45, 2.75) is 32.2 Å². The molecule has 0 spiro atoms. The number of hydrogen-bond donors (Lipinski definition) is 2. The van der Waals surface area contributed by atoms with E-state index in [0.29, 0.717) is 12.3 Å². The number of nitrogens with one attached hydrogen (secondary N) is 1. The van der Waals surface area contributed by atoms with Gasteiger partial charge < -0.3 is 5.11 Å². The quantitative estimate of drug-likeness (QED) is 0.850. The van der Waals surface area contributed by atoms with E-state index >= 15 is 0 Å². The van der Waals surface area contributed by atoms with Crippen molar-refractivity contribution < 1.29 is 9.90 Å². The summed E-state index contributed by atoms with van der Waals surface area (Å²) in [6.45, 7) is 4.88. The van der Waals surface area contributed by atoms with Crippen molar-refractivity contribution in [2.75, 3.05) is 6.54 Å². The molecule has 3 nitrogen and oxygen atoms in total. The number of carboxylic acids is 1. The number of carboxylic acid groups (broad SMARTS) is 1. The van der Waals surface area contributed by atoms with E-state index in [1.165, 1.54) is 5.56 Å². The molecule has 0 bridgehead atoms. The Balaban J connectivity index is 2.45. The highest BCUT2D eigenvalue weighted by atomic mass is 32.1. The normalized spacial score (nSPS) is 24.4. The minimum absolute atomic E-state index is 0.358. The van der Waals surface area contributed by atoms with Gasteiger partial charge in [-0.2, -0.15) is 0 Å². The van der Waals surface area contributed by atoms with E-state index in [4.69, 9.17) is 0 Å². The van der Waals surface area contributed by atoms with E-state index in [-0.39, 0.29) is 0 Å². The third-order valence-corrected chi connectivity index (χ3v) is 4.15. The molecule has 2 heterocycles. The molecule has 0 saturated heterocycles. The summed E-state index contributed by atoms with van der Waals surface area (Å²) >= 11 is 1.56. The van der Waals surface area contributed by atoms with Crippen LogP contribution in [0.1, 0.15) is 30.7 Å². The minimum atomic E-state index is -0.851. The second kappa shape index (κ2) is 4.18. The molecule has 2 N–H and O–H groups in total. The standard InChI is InChI=1S/C12H17NO2S/c1-8(2)7-12(11(14)15)10-9(3-5-13-12)4-6-16-10/h4,6,8,13H,3,5,7H2,1-2H3,(H,14,15)/t12-/m1/s1. The van der Waals surface area contributed by atoms with Gasteiger partial charge in [-0.25, -0.2) is 4.79 Å². The van der Waals surface area contributed by atoms with Gasteiger partial charge in [0.1, 0.15) is 0 Å². The fourth-order valence-corrected chi connectivity index (χ4v) is 3.57. The Morgan fingerprint density at radius 1 is 1.69 bits per heavy atom. The van der Waals surface area contributed by atoms with Crippen LogP contribution >= 0.6 is 11.3 Å². The molecule has 0 unspecified atom stereocenters. The maximum Gasteiger partial charge on any atom is 0.329 e. The van der Waals surface area contributed by atoms with E-state index in [9.17, 15) is 9.90 Å². The molecule has 1 atom stereocenters. The van der Waals surface area contributed by atoms with E-state index in [1.54, 1.807) is 11.3 Å². The van der Waals surface area contributed by atoms with Crippen LogP contribution in [-0.4, -0.2) is 17.6 Å². The van der Waals surface area contributed by atoms with Gasteiger partial charge in [-0.15, -0.1) is 11.3 Å². The number of thiophene rings is 1. The summed E-state index contributed by atoms with van der Waals surface area (Å²) in [4.78, 5) is 12.6. The molecule has 0 saturated carbocycles. The van der Waals surface area contributed by atoms with Gasteiger partial charge in [0.25, 0.3) is 0 Å². The fourth-order valence-electron chi connectivity index (χ4n) is 2.44. The van der Waals surface area contributed by atoms with Crippen molar-refractivity contribution in [3.05, 3.63) is 21.9 Å². The first-order valence-corrected chi connectivity index (χ1v) is 6.49. The van der Waals surface area contributed by atoms with E-state index in [1.807, 2.05) is 5.38 Å². The smallest absolute Gasteiger partial charge is 0.329 e. The van der Waals surface area contributed by atoms with Crippen LogP contribution < -0.4 is 5.32 Å². The Morgan fingerprint density at radius 3 is 3.06 bits per heavy atom. The zero-order valence-electron chi connectivity index (χ0n) is 9.62. The first kappa shape index (κ1) is 11.6. The lowest BCUT2D eigenvalue weighted by molar-refractivity contribution is -0.146. The van der Waals surface area contributed by atoms with Crippen LogP contribution in [0.3, 0.4) is 0 Å². The molecule has 0 fully saturated rings. The molecule has 0 amide bonds. The van der Waals surface area contributed by atoms with Gasteiger partial charge in [0, 0.05) is 11.4 Å². The van der Waals surface area contributed by atoms with Gasteiger partial charge >= 0.3 is 5.97 Å². The van der Waals surface area contributed by atoms with Crippen molar-refractivity contribution >= 4 is 17.3 Å². The lowest BCUT2D eigenvalue weighted by atomic mass is 9.83. The third-order valence-electron chi connectivity index (χ3n) is 3.04. The summed E-state index contributed by atoms with van der Waals surface area (Å²) in [7, 11) is 0. The van der Waals surface area contributed by atoms with Gasteiger partial charge in [-0.3, -0.25) is 5.32 Å². The second-order valence-corrected chi connectivity index (χ2v) is 5.68. The van der Waals surface area contributed by atoms with Gasteiger partial charge in [0.2, 0.25) is 0 Å². The van der Waals surface area contributed by atoms with Gasteiger partial charge in [0.05, 0.1) is 0 Å². The summed E-state index contributed by atoms with van der Waals surface area (Å²) in [6.07, 6.45) is 1.59. The SMILES string of the molecule is CC(C)C[C@@]1(C(=O)O)NCCc2ccsc21. The Hall–Kier alpha value is -0.870. The van der Waals surface area contributed by atoms with Crippen molar-refractivity contribution in [3.63, 3.8) is 0 Å². The van der Waals surface area contributed by atoms with E-state index < -0.39 is 11.5 Å². The van der Waals surface area contributed by atoms with E-state index in [0.717, 1.165) is 17.8 Å². The van der Waals surface area contributed by atoms with Gasteiger partial charge in [-0.1, -0.05) is 13.8 Å². The molecule has 1 aromatic heterocycles. The Bertz CT molecular complexity index is 399. The predicted octanol–water partition coefficient (Wildman–Crippen LogP) is 2.22. The van der Waals surface area contributed by atoms with Crippen molar-refractivity contribution in [3.8, 4) is 0 Å². The highest BCUT2D eigenvalue weighted by Crippen LogP contribution is 2.37. The van der Waals surface area contributed by atoms with Crippen LogP contribution in [-0.2, 0) is 16.8 Å². The zero-order valence-corrected chi connectivity index (χ0v) is 10.4. The molecule has 1 aromatic rings. The lowest BCUT2D eigenvalue weighted by Crippen LogP contribution is -2.53. The first-order chi connectivity index (χ1) is 7.56. The van der Waals surface area contributed by atoms with Crippen molar-refractivity contribution in [1.29, 1.82) is 0 Å². The Morgan fingerprint density at radius 2 is 2.44 bits per heavy atom. The van der Waals surface area contributed by atoms with Gasteiger partial charge in [-0.05, 0) is 35.8 Å². The maximum absolute atomic E-state index is 11.6. The first-order valence-electron chi connectivity index (χ1n) is 5.61. The van der Waals surface area contributed by atoms with E-state index in [2.05, 4.69) is 25.2 Å². The van der Waals surface area contributed by atoms with Crippen LogP contribution in [0.4, 0.5) is 0 Å². The lowest BCUT2D eigenvalue weighted by Gasteiger charge is -2.35. The third kappa shape index (κ3) is 1.76. The molecule has 1 aliphatic heterocycles. The van der Waals surface area contributed by atoms with Crippen LogP contribution in [0.25, 0.3) is 0 Å².